The molecule has 0 bridgehead atoms. The standard InChI is InChI=1S/C12H19N5OS/c1-6(2)14-11(18)8(4)16-12-15-7(3)5-9(17-12)10(13)19/h5-6,8H,1-4H3,(H2,13,19)(H,14,18)(H,15,16,17). The van der Waals surface area contributed by atoms with Crippen molar-refractivity contribution in [2.45, 2.75) is 39.8 Å². The summed E-state index contributed by atoms with van der Waals surface area (Å²) in [6, 6.07) is 1.34. The van der Waals surface area contributed by atoms with Gasteiger partial charge in [0.25, 0.3) is 0 Å². The van der Waals surface area contributed by atoms with Gasteiger partial charge in [0.2, 0.25) is 11.9 Å². The molecule has 104 valence electrons. The van der Waals surface area contributed by atoms with E-state index in [4.69, 9.17) is 18.0 Å². The maximum Gasteiger partial charge on any atom is 0.242 e. The summed E-state index contributed by atoms with van der Waals surface area (Å²) in [7, 11) is 0. The lowest BCUT2D eigenvalue weighted by Crippen LogP contribution is -2.41. The third-order valence-corrected chi connectivity index (χ3v) is 2.49. The lowest BCUT2D eigenvalue weighted by Gasteiger charge is -2.16. The second-order valence-electron chi connectivity index (χ2n) is 4.61. The summed E-state index contributed by atoms with van der Waals surface area (Å²) >= 11 is 4.88. The van der Waals surface area contributed by atoms with Crippen LogP contribution < -0.4 is 16.4 Å². The van der Waals surface area contributed by atoms with Gasteiger partial charge in [-0.25, -0.2) is 9.97 Å². The molecule has 1 heterocycles. The van der Waals surface area contributed by atoms with Gasteiger partial charge >= 0.3 is 0 Å². The molecular formula is C12H19N5OS. The third kappa shape index (κ3) is 4.78. The molecule has 1 atom stereocenters. The molecule has 1 amide bonds. The Kier molecular flexibility index (Phi) is 5.17. The van der Waals surface area contributed by atoms with Crippen molar-refractivity contribution in [2.75, 3.05) is 5.32 Å². The average molecular weight is 281 g/mol. The number of nitrogens with zero attached hydrogens (tertiary/aromatic N) is 2. The Bertz CT molecular complexity index is 489. The summed E-state index contributed by atoms with van der Waals surface area (Å²) in [4.78, 5) is 20.4. The molecule has 0 spiro atoms. The van der Waals surface area contributed by atoms with E-state index in [0.29, 0.717) is 11.6 Å². The molecule has 1 aromatic heterocycles. The van der Waals surface area contributed by atoms with Gasteiger partial charge in [-0.15, -0.1) is 0 Å². The fourth-order valence-electron chi connectivity index (χ4n) is 1.43. The van der Waals surface area contributed by atoms with Crippen LogP contribution in [0.4, 0.5) is 5.95 Å². The third-order valence-electron chi connectivity index (χ3n) is 2.28. The van der Waals surface area contributed by atoms with Crippen LogP contribution in [0.15, 0.2) is 6.07 Å². The number of anilines is 1. The van der Waals surface area contributed by atoms with Gasteiger partial charge in [0, 0.05) is 11.7 Å². The summed E-state index contributed by atoms with van der Waals surface area (Å²) in [5.41, 5.74) is 6.76. The molecule has 6 nitrogen and oxygen atoms in total. The molecule has 0 aliphatic rings. The van der Waals surface area contributed by atoms with Crippen molar-refractivity contribution in [1.82, 2.24) is 15.3 Å². The molecule has 1 unspecified atom stereocenters. The number of hydrogen-bond donors (Lipinski definition) is 3. The highest BCUT2D eigenvalue weighted by Crippen LogP contribution is 2.06. The Labute approximate surface area is 118 Å². The second kappa shape index (κ2) is 6.42. The van der Waals surface area contributed by atoms with Crippen LogP contribution >= 0.6 is 12.2 Å². The number of nitrogens with one attached hydrogen (secondary N) is 2. The summed E-state index contributed by atoms with van der Waals surface area (Å²) in [5, 5.41) is 5.74. The molecule has 0 aliphatic heterocycles. The summed E-state index contributed by atoms with van der Waals surface area (Å²) in [5.74, 6) is 0.228. The number of carbonyl (C=O) groups is 1. The van der Waals surface area contributed by atoms with Crippen LogP contribution in [0.5, 0.6) is 0 Å². The number of hydrogen-bond acceptors (Lipinski definition) is 5. The number of aromatic nitrogens is 2. The van der Waals surface area contributed by atoms with E-state index in [0.717, 1.165) is 5.69 Å². The van der Waals surface area contributed by atoms with Gasteiger partial charge in [0.15, 0.2) is 0 Å². The minimum atomic E-state index is -0.441. The van der Waals surface area contributed by atoms with E-state index in [9.17, 15) is 4.79 Å². The van der Waals surface area contributed by atoms with Crippen LogP contribution in [0.25, 0.3) is 0 Å². The fraction of sp³-hybridized carbons (Fsp3) is 0.500. The first-order chi connectivity index (χ1) is 8.79. The molecule has 0 radical (unpaired) electrons. The molecule has 4 N–H and O–H groups in total. The van der Waals surface area contributed by atoms with Gasteiger partial charge in [0.05, 0.1) is 0 Å². The highest BCUT2D eigenvalue weighted by atomic mass is 32.1. The predicted octanol–water partition coefficient (Wildman–Crippen LogP) is 0.744. The first kappa shape index (κ1) is 15.3. The Balaban J connectivity index is 2.81. The van der Waals surface area contributed by atoms with Crippen molar-refractivity contribution >= 4 is 29.1 Å². The van der Waals surface area contributed by atoms with Crippen LogP contribution in [0.3, 0.4) is 0 Å². The Morgan fingerprint density at radius 1 is 1.37 bits per heavy atom. The molecule has 19 heavy (non-hydrogen) atoms. The van der Waals surface area contributed by atoms with Crippen molar-refractivity contribution in [3.63, 3.8) is 0 Å². The van der Waals surface area contributed by atoms with Crippen molar-refractivity contribution in [2.24, 2.45) is 5.73 Å². The molecule has 0 aliphatic carbocycles. The van der Waals surface area contributed by atoms with E-state index in [2.05, 4.69) is 20.6 Å². The molecule has 0 saturated heterocycles. The van der Waals surface area contributed by atoms with Gasteiger partial charge in [-0.2, -0.15) is 0 Å². The molecule has 0 aromatic carbocycles. The topological polar surface area (TPSA) is 92.9 Å². The summed E-state index contributed by atoms with van der Waals surface area (Å²) < 4.78 is 0. The van der Waals surface area contributed by atoms with Gasteiger partial charge in [0.1, 0.15) is 16.7 Å². The van der Waals surface area contributed by atoms with E-state index >= 15 is 0 Å². The largest absolute Gasteiger partial charge is 0.388 e. The number of aryl methyl sites for hydroxylation is 1. The van der Waals surface area contributed by atoms with Crippen molar-refractivity contribution in [1.29, 1.82) is 0 Å². The quantitative estimate of drug-likeness (QED) is 0.690. The van der Waals surface area contributed by atoms with Crippen LogP contribution in [0.1, 0.15) is 32.2 Å². The molecule has 0 saturated carbocycles. The van der Waals surface area contributed by atoms with Crippen LogP contribution in [0.2, 0.25) is 0 Å². The van der Waals surface area contributed by atoms with E-state index in [1.807, 2.05) is 20.8 Å². The lowest BCUT2D eigenvalue weighted by molar-refractivity contribution is -0.122. The van der Waals surface area contributed by atoms with Gasteiger partial charge < -0.3 is 16.4 Å². The van der Waals surface area contributed by atoms with Crippen LogP contribution in [-0.4, -0.2) is 32.9 Å². The number of thiocarbonyl (C=S) groups is 1. The van der Waals surface area contributed by atoms with Crippen LogP contribution in [0, 0.1) is 6.92 Å². The zero-order valence-electron chi connectivity index (χ0n) is 11.5. The summed E-state index contributed by atoms with van der Waals surface area (Å²) in [6.45, 7) is 7.36. The zero-order chi connectivity index (χ0) is 14.6. The monoisotopic (exact) mass is 281 g/mol. The fourth-order valence-corrected chi connectivity index (χ4v) is 1.53. The van der Waals surface area contributed by atoms with E-state index in [1.165, 1.54) is 0 Å². The minimum absolute atomic E-state index is 0.0855. The Morgan fingerprint density at radius 2 is 2.00 bits per heavy atom. The van der Waals surface area contributed by atoms with E-state index in [-0.39, 0.29) is 16.9 Å². The molecule has 1 aromatic rings. The Morgan fingerprint density at radius 3 is 2.53 bits per heavy atom. The number of nitrogens with two attached hydrogens (primary N) is 1. The van der Waals surface area contributed by atoms with Gasteiger partial charge in [-0.05, 0) is 33.8 Å². The summed E-state index contributed by atoms with van der Waals surface area (Å²) in [6.07, 6.45) is 0. The molecule has 7 heteroatoms. The van der Waals surface area contributed by atoms with E-state index in [1.54, 1.807) is 13.0 Å². The van der Waals surface area contributed by atoms with Gasteiger partial charge in [-0.3, -0.25) is 4.79 Å². The molecular weight excluding hydrogens is 262 g/mol. The number of amides is 1. The molecule has 0 fully saturated rings. The maximum atomic E-state index is 11.8. The van der Waals surface area contributed by atoms with Crippen molar-refractivity contribution in [3.8, 4) is 0 Å². The smallest absolute Gasteiger partial charge is 0.242 e. The van der Waals surface area contributed by atoms with Crippen molar-refractivity contribution < 1.29 is 4.79 Å². The van der Waals surface area contributed by atoms with E-state index < -0.39 is 6.04 Å². The van der Waals surface area contributed by atoms with Gasteiger partial charge in [-0.1, -0.05) is 12.2 Å². The first-order valence-corrected chi connectivity index (χ1v) is 6.43. The number of carbonyl (C=O) groups excluding carboxylic acids is 1. The normalized spacial score (nSPS) is 12.1. The number of rotatable bonds is 5. The molecule has 1 rings (SSSR count). The minimum Gasteiger partial charge on any atom is -0.388 e. The highest BCUT2D eigenvalue weighted by molar-refractivity contribution is 7.80. The SMILES string of the molecule is Cc1cc(C(N)=S)nc(NC(C)C(=O)NC(C)C)n1. The first-order valence-electron chi connectivity index (χ1n) is 6.02. The van der Waals surface area contributed by atoms with Crippen LogP contribution in [-0.2, 0) is 4.79 Å². The highest BCUT2D eigenvalue weighted by Gasteiger charge is 2.15. The maximum absolute atomic E-state index is 11.8. The van der Waals surface area contributed by atoms with Crippen molar-refractivity contribution in [3.05, 3.63) is 17.5 Å². The Hall–Kier alpha value is -1.76. The zero-order valence-corrected chi connectivity index (χ0v) is 12.3. The lowest BCUT2D eigenvalue weighted by atomic mass is 10.3. The second-order valence-corrected chi connectivity index (χ2v) is 5.05. The predicted molar refractivity (Wildman–Crippen MR) is 79.0 cm³/mol. The average Bonchev–Trinajstić information content (AvgIpc) is 2.26.